The number of carbonyl (C=O) groups excluding carboxylic acids is 2. The van der Waals surface area contributed by atoms with Crippen molar-refractivity contribution in [3.63, 3.8) is 0 Å². The zero-order valence-electron chi connectivity index (χ0n) is 20.6. The van der Waals surface area contributed by atoms with Gasteiger partial charge in [0, 0.05) is 25.7 Å². The third kappa shape index (κ3) is 5.26. The number of nitrogens with one attached hydrogen (secondary N) is 2. The van der Waals surface area contributed by atoms with Crippen LogP contribution in [0.5, 0.6) is 5.88 Å². The lowest BCUT2D eigenvalue weighted by atomic mass is 9.73. The lowest BCUT2D eigenvalue weighted by Crippen LogP contribution is -2.48. The quantitative estimate of drug-likeness (QED) is 0.213. The number of rotatable bonds is 10. The van der Waals surface area contributed by atoms with E-state index in [2.05, 4.69) is 5.32 Å². The number of aromatic nitrogens is 2. The SMILES string of the molecule is CCCCn1c(O)c(C(=N)N)c(=O)n(C2CCC(C)(CN3C(=O)NC(=O)[C@@H]3COCC)CC2)c1=O. The molecule has 0 spiro atoms. The van der Waals surface area contributed by atoms with Crippen molar-refractivity contribution in [2.75, 3.05) is 19.8 Å². The first-order valence-electron chi connectivity index (χ1n) is 12.2. The number of amidine groups is 1. The summed E-state index contributed by atoms with van der Waals surface area (Å²) in [6.45, 7) is 6.91. The van der Waals surface area contributed by atoms with Crippen molar-refractivity contribution in [2.24, 2.45) is 11.1 Å². The number of nitrogen functional groups attached to an aromatic ring is 1. The van der Waals surface area contributed by atoms with Gasteiger partial charge < -0.3 is 20.5 Å². The zero-order valence-corrected chi connectivity index (χ0v) is 20.6. The Balaban J connectivity index is 1.84. The molecule has 194 valence electrons. The van der Waals surface area contributed by atoms with Gasteiger partial charge in [0.2, 0.25) is 5.88 Å². The number of nitrogens with zero attached hydrogens (tertiary/aromatic N) is 3. The molecule has 2 fully saturated rings. The van der Waals surface area contributed by atoms with E-state index in [4.69, 9.17) is 15.9 Å². The van der Waals surface area contributed by atoms with Crippen LogP contribution in [0.2, 0.25) is 0 Å². The summed E-state index contributed by atoms with van der Waals surface area (Å²) in [5, 5.41) is 20.6. The highest BCUT2D eigenvalue weighted by Crippen LogP contribution is 2.41. The number of carbonyl (C=O) groups is 2. The molecule has 1 saturated carbocycles. The van der Waals surface area contributed by atoms with Gasteiger partial charge in [0.25, 0.3) is 11.5 Å². The minimum absolute atomic E-state index is 0.126. The average molecular weight is 493 g/mol. The number of aromatic hydroxyl groups is 1. The Hall–Kier alpha value is -3.15. The Bertz CT molecular complexity index is 1100. The number of ether oxygens (including phenoxy) is 1. The molecule has 1 aromatic rings. The van der Waals surface area contributed by atoms with E-state index >= 15 is 0 Å². The predicted molar refractivity (Wildman–Crippen MR) is 129 cm³/mol. The van der Waals surface area contributed by atoms with Gasteiger partial charge in [-0.25, -0.2) is 9.59 Å². The Kier molecular flexibility index (Phi) is 8.04. The maximum absolute atomic E-state index is 13.2. The van der Waals surface area contributed by atoms with E-state index in [0.717, 1.165) is 15.6 Å². The van der Waals surface area contributed by atoms with E-state index in [1.165, 1.54) is 4.90 Å². The molecule has 5 N–H and O–H groups in total. The highest BCUT2D eigenvalue weighted by Gasteiger charge is 2.43. The first-order chi connectivity index (χ1) is 16.5. The van der Waals surface area contributed by atoms with Gasteiger partial charge in [0.1, 0.15) is 17.4 Å². The van der Waals surface area contributed by atoms with E-state index in [-0.39, 0.29) is 30.0 Å². The number of hydrogen-bond acceptors (Lipinski definition) is 7. The van der Waals surface area contributed by atoms with E-state index in [1.54, 1.807) is 0 Å². The van der Waals surface area contributed by atoms with Crippen molar-refractivity contribution in [1.29, 1.82) is 5.41 Å². The molecule has 1 aliphatic heterocycles. The normalized spacial score (nSPS) is 24.6. The second-order valence-electron chi connectivity index (χ2n) is 9.71. The zero-order chi connectivity index (χ0) is 25.9. The molecule has 1 atom stereocenters. The number of urea groups is 1. The third-order valence-corrected chi connectivity index (χ3v) is 7.08. The van der Waals surface area contributed by atoms with Gasteiger partial charge in [-0.15, -0.1) is 0 Å². The summed E-state index contributed by atoms with van der Waals surface area (Å²) < 4.78 is 7.63. The molecule has 35 heavy (non-hydrogen) atoms. The molecule has 1 aliphatic carbocycles. The summed E-state index contributed by atoms with van der Waals surface area (Å²) in [5.41, 5.74) is 3.52. The van der Waals surface area contributed by atoms with Crippen molar-refractivity contribution in [1.82, 2.24) is 19.4 Å². The van der Waals surface area contributed by atoms with Crippen molar-refractivity contribution in [3.05, 3.63) is 26.4 Å². The van der Waals surface area contributed by atoms with Gasteiger partial charge in [0.15, 0.2) is 0 Å². The minimum atomic E-state index is -0.761. The number of hydrogen-bond donors (Lipinski definition) is 4. The Morgan fingerprint density at radius 3 is 2.46 bits per heavy atom. The van der Waals surface area contributed by atoms with Gasteiger partial charge in [-0.1, -0.05) is 20.3 Å². The molecular weight excluding hydrogens is 456 g/mol. The molecule has 3 rings (SSSR count). The summed E-state index contributed by atoms with van der Waals surface area (Å²) in [7, 11) is 0. The Morgan fingerprint density at radius 1 is 1.23 bits per heavy atom. The van der Waals surface area contributed by atoms with Crippen LogP contribution < -0.4 is 22.3 Å². The van der Waals surface area contributed by atoms with Gasteiger partial charge in [-0.3, -0.25) is 29.4 Å². The number of amides is 3. The van der Waals surface area contributed by atoms with E-state index in [1.807, 2.05) is 20.8 Å². The van der Waals surface area contributed by atoms with Crippen LogP contribution in [0.4, 0.5) is 4.79 Å². The summed E-state index contributed by atoms with van der Waals surface area (Å²) in [6, 6.07) is -1.55. The van der Waals surface area contributed by atoms with Crippen LogP contribution >= 0.6 is 0 Å². The van der Waals surface area contributed by atoms with Crippen molar-refractivity contribution >= 4 is 17.8 Å². The largest absolute Gasteiger partial charge is 0.494 e. The van der Waals surface area contributed by atoms with Crippen LogP contribution in [0.1, 0.15) is 70.9 Å². The fourth-order valence-corrected chi connectivity index (χ4v) is 4.98. The molecule has 2 heterocycles. The fourth-order valence-electron chi connectivity index (χ4n) is 4.98. The van der Waals surface area contributed by atoms with Crippen LogP contribution in [-0.4, -0.2) is 62.7 Å². The standard InChI is InChI=1S/C23H36N6O6/c1-4-6-11-27-19(31)16(17(24)25)20(32)29(22(27)34)14-7-9-23(3,10-8-14)13-28-15(12-35-5-2)18(30)26-21(28)33/h14-15,31H,4-13H2,1-3H3,(H3,24,25)(H,26,30,33)/t14?,15-,23?/m0/s1. The monoisotopic (exact) mass is 492 g/mol. The molecule has 1 aromatic heterocycles. The van der Waals surface area contributed by atoms with E-state index in [9.17, 15) is 24.3 Å². The van der Waals surface area contributed by atoms with Crippen molar-refractivity contribution < 1.29 is 19.4 Å². The van der Waals surface area contributed by atoms with E-state index in [0.29, 0.717) is 45.3 Å². The molecular formula is C23H36N6O6. The highest BCUT2D eigenvalue weighted by molar-refractivity contribution is 6.04. The number of nitrogens with two attached hydrogens (primary N) is 1. The molecule has 3 amide bonds. The number of unbranched alkanes of at least 4 members (excludes halogenated alkanes) is 1. The first-order valence-corrected chi connectivity index (χ1v) is 12.2. The molecule has 12 nitrogen and oxygen atoms in total. The molecule has 12 heteroatoms. The van der Waals surface area contributed by atoms with Crippen LogP contribution in [0.3, 0.4) is 0 Å². The maximum atomic E-state index is 13.2. The summed E-state index contributed by atoms with van der Waals surface area (Å²) in [5.74, 6) is -1.53. The highest BCUT2D eigenvalue weighted by atomic mass is 16.5. The van der Waals surface area contributed by atoms with Crippen LogP contribution in [-0.2, 0) is 16.1 Å². The Labute approximate surface area is 203 Å². The predicted octanol–water partition coefficient (Wildman–Crippen LogP) is 0.878. The number of imide groups is 1. The molecule has 1 saturated heterocycles. The molecule has 0 aromatic carbocycles. The smallest absolute Gasteiger partial charge is 0.334 e. The summed E-state index contributed by atoms with van der Waals surface area (Å²) in [6.07, 6.45) is 3.58. The van der Waals surface area contributed by atoms with Gasteiger partial charge in [-0.05, 0) is 44.4 Å². The van der Waals surface area contributed by atoms with Gasteiger partial charge in [0.05, 0.1) is 6.61 Å². The molecule has 0 unspecified atom stereocenters. The molecule has 2 aliphatic rings. The minimum Gasteiger partial charge on any atom is -0.494 e. The van der Waals surface area contributed by atoms with Gasteiger partial charge in [-0.2, -0.15) is 0 Å². The maximum Gasteiger partial charge on any atom is 0.334 e. The fraction of sp³-hybridized carbons (Fsp3) is 0.696. The van der Waals surface area contributed by atoms with Crippen LogP contribution in [0.25, 0.3) is 0 Å². The van der Waals surface area contributed by atoms with Crippen molar-refractivity contribution in [3.8, 4) is 5.88 Å². The summed E-state index contributed by atoms with van der Waals surface area (Å²) in [4.78, 5) is 52.4. The Morgan fingerprint density at radius 2 is 1.89 bits per heavy atom. The van der Waals surface area contributed by atoms with Crippen molar-refractivity contribution in [2.45, 2.75) is 77.9 Å². The van der Waals surface area contributed by atoms with Crippen LogP contribution in [0, 0.1) is 10.8 Å². The second-order valence-corrected chi connectivity index (χ2v) is 9.71. The second kappa shape index (κ2) is 10.6. The average Bonchev–Trinajstić information content (AvgIpc) is 3.05. The molecule has 0 bridgehead atoms. The first kappa shape index (κ1) is 26.5. The van der Waals surface area contributed by atoms with Gasteiger partial charge >= 0.3 is 11.7 Å². The lowest BCUT2D eigenvalue weighted by molar-refractivity contribution is -0.123. The topological polar surface area (TPSA) is 173 Å². The lowest BCUT2D eigenvalue weighted by Gasteiger charge is -2.40. The third-order valence-electron chi connectivity index (χ3n) is 7.08. The van der Waals surface area contributed by atoms with E-state index < -0.39 is 41.1 Å². The van der Waals surface area contributed by atoms with Crippen LogP contribution in [0.15, 0.2) is 9.59 Å². The summed E-state index contributed by atoms with van der Waals surface area (Å²) >= 11 is 0. The molecule has 0 radical (unpaired) electrons.